The molecule has 0 saturated heterocycles. The molecule has 1 N–H and O–H groups in total. The molecule has 4 nitrogen and oxygen atoms in total. The van der Waals surface area contributed by atoms with Gasteiger partial charge in [-0.2, -0.15) is 0 Å². The molecule has 0 bridgehead atoms. The maximum Gasteiger partial charge on any atom is 0.337 e. The van der Waals surface area contributed by atoms with Gasteiger partial charge >= 0.3 is 5.97 Å². The van der Waals surface area contributed by atoms with Gasteiger partial charge in [0.2, 0.25) is 0 Å². The number of pyridine rings is 1. The molecule has 2 aromatic heterocycles. The van der Waals surface area contributed by atoms with Crippen LogP contribution in [0.3, 0.4) is 0 Å². The Morgan fingerprint density at radius 3 is 2.74 bits per heavy atom. The molecule has 0 amide bonds. The first-order chi connectivity index (χ1) is 9.15. The van der Waals surface area contributed by atoms with Gasteiger partial charge in [0, 0.05) is 11.6 Å². The number of aromatic nitrogens is 1. The lowest BCUT2D eigenvalue weighted by Crippen LogP contribution is -1.96. The third-order valence-electron chi connectivity index (χ3n) is 2.76. The smallest absolute Gasteiger partial charge is 0.337 e. The summed E-state index contributed by atoms with van der Waals surface area (Å²) in [6.07, 6.45) is 1.30. The van der Waals surface area contributed by atoms with Crippen LogP contribution in [0.25, 0.3) is 22.4 Å². The first kappa shape index (κ1) is 11.7. The van der Waals surface area contributed by atoms with E-state index in [0.717, 1.165) is 5.39 Å². The number of carboxylic acid groups (broad SMARTS) is 1. The second-order valence-electron chi connectivity index (χ2n) is 4.01. The van der Waals surface area contributed by atoms with Crippen LogP contribution in [0.5, 0.6) is 0 Å². The van der Waals surface area contributed by atoms with Crippen molar-refractivity contribution in [3.05, 3.63) is 53.2 Å². The van der Waals surface area contributed by atoms with Gasteiger partial charge in [-0.25, -0.2) is 4.79 Å². The Morgan fingerprint density at radius 1 is 1.26 bits per heavy atom. The van der Waals surface area contributed by atoms with Gasteiger partial charge < -0.3 is 9.52 Å². The minimum absolute atomic E-state index is 0.137. The predicted molar refractivity (Wildman–Crippen MR) is 71.4 cm³/mol. The number of carbonyl (C=O) groups is 1. The molecule has 0 unspecified atom stereocenters. The van der Waals surface area contributed by atoms with E-state index >= 15 is 0 Å². The number of nitrogens with zero attached hydrogens (tertiary/aromatic N) is 1. The number of furan rings is 1. The first-order valence-electron chi connectivity index (χ1n) is 5.53. The van der Waals surface area contributed by atoms with Crippen LogP contribution in [0.4, 0.5) is 0 Å². The zero-order valence-corrected chi connectivity index (χ0v) is 10.4. The van der Waals surface area contributed by atoms with Crippen LogP contribution in [0.1, 0.15) is 10.4 Å². The largest absolute Gasteiger partial charge is 0.478 e. The molecule has 5 heteroatoms. The number of halogens is 1. The van der Waals surface area contributed by atoms with Crippen LogP contribution in [0.15, 0.2) is 47.0 Å². The van der Waals surface area contributed by atoms with Crippen LogP contribution in [0.2, 0.25) is 5.02 Å². The fourth-order valence-electron chi connectivity index (χ4n) is 1.82. The van der Waals surface area contributed by atoms with Crippen molar-refractivity contribution in [2.24, 2.45) is 0 Å². The molecule has 0 spiro atoms. The summed E-state index contributed by atoms with van der Waals surface area (Å²) in [6.45, 7) is 0. The van der Waals surface area contributed by atoms with Crippen molar-refractivity contribution in [1.82, 2.24) is 4.98 Å². The molecule has 0 aliphatic rings. The average Bonchev–Trinajstić information content (AvgIpc) is 2.84. The number of rotatable bonds is 2. The molecule has 19 heavy (non-hydrogen) atoms. The minimum Gasteiger partial charge on any atom is -0.478 e. The maximum atomic E-state index is 10.8. The monoisotopic (exact) mass is 273 g/mol. The van der Waals surface area contributed by atoms with E-state index in [4.69, 9.17) is 21.1 Å². The highest BCUT2D eigenvalue weighted by Gasteiger charge is 2.10. The predicted octanol–water partition coefficient (Wildman–Crippen LogP) is 3.85. The highest BCUT2D eigenvalue weighted by atomic mass is 35.5. The fraction of sp³-hybridized carbons (Fsp3) is 0. The molecule has 1 aromatic carbocycles. The van der Waals surface area contributed by atoms with Gasteiger partial charge in [-0.3, -0.25) is 4.98 Å². The van der Waals surface area contributed by atoms with Crippen LogP contribution < -0.4 is 0 Å². The summed E-state index contributed by atoms with van der Waals surface area (Å²) in [5, 5.41) is 10.2. The highest BCUT2D eigenvalue weighted by Crippen LogP contribution is 2.31. The molecule has 3 aromatic rings. The molecule has 0 aliphatic heterocycles. The quantitative estimate of drug-likeness (QED) is 0.770. The number of hydrogen-bond acceptors (Lipinski definition) is 3. The Labute approximate surface area is 113 Å². The third kappa shape index (κ3) is 2.06. The molecule has 0 radical (unpaired) electrons. The molecule has 0 atom stereocenters. The Hall–Kier alpha value is -2.33. The summed E-state index contributed by atoms with van der Waals surface area (Å²) in [7, 11) is 0. The molecule has 3 rings (SSSR count). The molecule has 0 saturated carbocycles. The van der Waals surface area contributed by atoms with E-state index in [2.05, 4.69) is 4.98 Å². The van der Waals surface area contributed by atoms with Crippen molar-refractivity contribution >= 4 is 28.5 Å². The first-order valence-corrected chi connectivity index (χ1v) is 5.91. The highest BCUT2D eigenvalue weighted by molar-refractivity contribution is 6.34. The minimum atomic E-state index is -1.01. The van der Waals surface area contributed by atoms with Crippen LogP contribution in [-0.4, -0.2) is 16.1 Å². The van der Waals surface area contributed by atoms with Gasteiger partial charge in [0.05, 0.1) is 10.6 Å². The van der Waals surface area contributed by atoms with E-state index in [-0.39, 0.29) is 5.56 Å². The van der Waals surface area contributed by atoms with Crippen molar-refractivity contribution in [2.75, 3.05) is 0 Å². The Morgan fingerprint density at radius 2 is 2.11 bits per heavy atom. The van der Waals surface area contributed by atoms with Gasteiger partial charge in [-0.05, 0) is 24.3 Å². The van der Waals surface area contributed by atoms with Gasteiger partial charge in [0.25, 0.3) is 0 Å². The summed E-state index contributed by atoms with van der Waals surface area (Å²) >= 11 is 6.03. The van der Waals surface area contributed by atoms with E-state index in [1.165, 1.54) is 12.3 Å². The zero-order valence-electron chi connectivity index (χ0n) is 9.63. The van der Waals surface area contributed by atoms with E-state index < -0.39 is 5.97 Å². The number of hydrogen-bond donors (Lipinski definition) is 1. The molecular weight excluding hydrogens is 266 g/mol. The third-order valence-corrected chi connectivity index (χ3v) is 3.06. The van der Waals surface area contributed by atoms with Crippen LogP contribution in [0, 0.1) is 0 Å². The Balaban J connectivity index is 2.09. The summed E-state index contributed by atoms with van der Waals surface area (Å²) in [5.74, 6) is -0.452. The molecule has 2 heterocycles. The number of fused-ring (bicyclic) bond motifs is 1. The maximum absolute atomic E-state index is 10.8. The van der Waals surface area contributed by atoms with Crippen LogP contribution in [-0.2, 0) is 0 Å². The van der Waals surface area contributed by atoms with Crippen molar-refractivity contribution in [3.63, 3.8) is 0 Å². The van der Waals surface area contributed by atoms with Crippen molar-refractivity contribution < 1.29 is 14.3 Å². The summed E-state index contributed by atoms with van der Waals surface area (Å²) in [4.78, 5) is 14.8. The summed E-state index contributed by atoms with van der Waals surface area (Å²) in [6, 6.07) is 10.4. The Bertz CT molecular complexity index is 762. The second-order valence-corrected chi connectivity index (χ2v) is 4.41. The number of para-hydroxylation sites is 1. The lowest BCUT2D eigenvalue weighted by atomic mass is 10.2. The van der Waals surface area contributed by atoms with E-state index in [1.54, 1.807) is 12.1 Å². The lowest BCUT2D eigenvalue weighted by molar-refractivity contribution is 0.0696. The average molecular weight is 274 g/mol. The van der Waals surface area contributed by atoms with Gasteiger partial charge in [-0.15, -0.1) is 0 Å². The second kappa shape index (κ2) is 4.40. The summed E-state index contributed by atoms with van der Waals surface area (Å²) < 4.78 is 5.64. The standard InChI is InChI=1S/C14H8ClNO3/c15-10-3-1-2-8-6-12(19-13(8)10)11-5-4-9(7-16-11)14(17)18/h1-7H,(H,17,18). The molecule has 0 aliphatic carbocycles. The van der Waals surface area contributed by atoms with Gasteiger partial charge in [0.15, 0.2) is 11.3 Å². The lowest BCUT2D eigenvalue weighted by Gasteiger charge is -1.96. The summed E-state index contributed by atoms with van der Waals surface area (Å²) in [5.41, 5.74) is 1.30. The van der Waals surface area contributed by atoms with E-state index in [9.17, 15) is 4.79 Å². The SMILES string of the molecule is O=C(O)c1ccc(-c2cc3cccc(Cl)c3o2)nc1. The number of carboxylic acids is 1. The van der Waals surface area contributed by atoms with E-state index in [0.29, 0.717) is 22.1 Å². The van der Waals surface area contributed by atoms with Crippen molar-refractivity contribution in [1.29, 1.82) is 0 Å². The van der Waals surface area contributed by atoms with Crippen molar-refractivity contribution in [2.45, 2.75) is 0 Å². The van der Waals surface area contributed by atoms with E-state index in [1.807, 2.05) is 18.2 Å². The van der Waals surface area contributed by atoms with Crippen LogP contribution >= 0.6 is 11.6 Å². The number of aromatic carboxylic acids is 1. The zero-order chi connectivity index (χ0) is 13.4. The van der Waals surface area contributed by atoms with Gasteiger partial charge in [0.1, 0.15) is 5.69 Å². The molecule has 94 valence electrons. The normalized spacial score (nSPS) is 10.8. The fourth-order valence-corrected chi connectivity index (χ4v) is 2.04. The van der Waals surface area contributed by atoms with Gasteiger partial charge in [-0.1, -0.05) is 23.7 Å². The molecule has 0 fully saturated rings. The topological polar surface area (TPSA) is 63.3 Å². The molecular formula is C14H8ClNO3. The number of benzene rings is 1. The Kier molecular flexibility index (Phi) is 2.72. The van der Waals surface area contributed by atoms with Crippen molar-refractivity contribution in [3.8, 4) is 11.5 Å².